The van der Waals surface area contributed by atoms with Crippen LogP contribution < -0.4 is 10.6 Å². The number of aromatic nitrogens is 2. The van der Waals surface area contributed by atoms with Crippen LogP contribution in [0.4, 0.5) is 4.79 Å². The van der Waals surface area contributed by atoms with Crippen LogP contribution in [0.2, 0.25) is 5.02 Å². The van der Waals surface area contributed by atoms with Gasteiger partial charge in [-0.25, -0.2) is 9.78 Å². The lowest BCUT2D eigenvalue weighted by Gasteiger charge is -2.19. The van der Waals surface area contributed by atoms with Gasteiger partial charge in [0.1, 0.15) is 11.9 Å². The molecule has 0 aliphatic rings. The zero-order chi connectivity index (χ0) is 16.7. The third-order valence-electron chi connectivity index (χ3n) is 3.33. The molecule has 6 nitrogen and oxygen atoms in total. The number of carbonyl (C=O) groups excluding carboxylic acids is 1. The summed E-state index contributed by atoms with van der Waals surface area (Å²) in [7, 11) is 1.89. The predicted octanol–water partition coefficient (Wildman–Crippen LogP) is 2.50. The van der Waals surface area contributed by atoms with Crippen LogP contribution in [-0.4, -0.2) is 35.3 Å². The van der Waals surface area contributed by atoms with Gasteiger partial charge in [-0.05, 0) is 24.6 Å². The Bertz CT molecular complexity index is 627. The van der Waals surface area contributed by atoms with Gasteiger partial charge in [-0.2, -0.15) is 0 Å². The van der Waals surface area contributed by atoms with Crippen molar-refractivity contribution in [2.24, 2.45) is 7.05 Å². The number of nitrogens with one attached hydrogen (secondary N) is 2. The van der Waals surface area contributed by atoms with Crippen molar-refractivity contribution in [3.05, 3.63) is 53.1 Å². The Morgan fingerprint density at radius 2 is 2.13 bits per heavy atom. The predicted molar refractivity (Wildman–Crippen MR) is 89.5 cm³/mol. The number of carbonyl (C=O) groups is 1. The van der Waals surface area contributed by atoms with E-state index in [2.05, 4.69) is 15.6 Å². The molecule has 1 aromatic carbocycles. The molecular weight excluding hydrogens is 316 g/mol. The van der Waals surface area contributed by atoms with Crippen molar-refractivity contribution >= 4 is 17.6 Å². The largest absolute Gasteiger partial charge is 0.380 e. The number of amides is 2. The number of hydrogen-bond acceptors (Lipinski definition) is 3. The van der Waals surface area contributed by atoms with E-state index in [0.717, 1.165) is 11.4 Å². The van der Waals surface area contributed by atoms with E-state index in [0.29, 0.717) is 24.8 Å². The molecule has 0 aliphatic heterocycles. The molecule has 0 saturated carbocycles. The summed E-state index contributed by atoms with van der Waals surface area (Å²) in [4.78, 5) is 16.5. The first kappa shape index (κ1) is 17.3. The molecule has 7 heteroatoms. The van der Waals surface area contributed by atoms with Crippen LogP contribution in [-0.2, 0) is 11.8 Å². The van der Waals surface area contributed by atoms with Crippen molar-refractivity contribution in [3.63, 3.8) is 0 Å². The van der Waals surface area contributed by atoms with E-state index in [1.165, 1.54) is 0 Å². The maximum atomic E-state index is 12.1. The second-order valence-electron chi connectivity index (χ2n) is 4.98. The minimum absolute atomic E-state index is 0.271. The second-order valence-corrected chi connectivity index (χ2v) is 5.41. The number of urea groups is 1. The van der Waals surface area contributed by atoms with Gasteiger partial charge in [0.25, 0.3) is 0 Å². The maximum Gasteiger partial charge on any atom is 0.315 e. The van der Waals surface area contributed by atoms with Crippen LogP contribution in [0.25, 0.3) is 0 Å². The molecule has 1 aromatic heterocycles. The molecule has 0 radical (unpaired) electrons. The zero-order valence-electron chi connectivity index (χ0n) is 13.3. The topological polar surface area (TPSA) is 68.2 Å². The van der Waals surface area contributed by atoms with E-state index in [9.17, 15) is 4.79 Å². The van der Waals surface area contributed by atoms with Gasteiger partial charge < -0.3 is 19.9 Å². The Kier molecular flexibility index (Phi) is 6.43. The van der Waals surface area contributed by atoms with Crippen LogP contribution >= 0.6 is 11.6 Å². The number of nitrogens with zero attached hydrogens (tertiary/aromatic N) is 2. The number of hydrogen-bond donors (Lipinski definition) is 2. The standard InChI is InChI=1S/C16H21ClN4O2/c1-3-23-11-9-19-16(22)20-14(15-18-8-10-21(15)2)12-4-6-13(17)7-5-12/h4-8,10,14H,3,9,11H2,1-2H3,(H2,19,20,22)/t14-/m1/s1. The van der Waals surface area contributed by atoms with E-state index in [1.54, 1.807) is 18.3 Å². The summed E-state index contributed by atoms with van der Waals surface area (Å²) in [6.07, 6.45) is 3.54. The van der Waals surface area contributed by atoms with Gasteiger partial charge in [0.2, 0.25) is 0 Å². The number of imidazole rings is 1. The highest BCUT2D eigenvalue weighted by atomic mass is 35.5. The quantitative estimate of drug-likeness (QED) is 0.763. The smallest absolute Gasteiger partial charge is 0.315 e. The van der Waals surface area contributed by atoms with Gasteiger partial charge in [-0.15, -0.1) is 0 Å². The summed E-state index contributed by atoms with van der Waals surface area (Å²) in [5.74, 6) is 0.743. The summed E-state index contributed by atoms with van der Waals surface area (Å²) < 4.78 is 7.08. The summed E-state index contributed by atoms with van der Waals surface area (Å²) in [5, 5.41) is 6.36. The first-order valence-electron chi connectivity index (χ1n) is 7.46. The Morgan fingerprint density at radius 1 is 1.39 bits per heavy atom. The first-order valence-corrected chi connectivity index (χ1v) is 7.84. The molecular formula is C16H21ClN4O2. The van der Waals surface area contributed by atoms with Crippen LogP contribution in [0.3, 0.4) is 0 Å². The fourth-order valence-electron chi connectivity index (χ4n) is 2.17. The molecule has 2 N–H and O–H groups in total. The van der Waals surface area contributed by atoms with Crippen molar-refractivity contribution in [2.45, 2.75) is 13.0 Å². The van der Waals surface area contributed by atoms with Gasteiger partial charge in [0, 0.05) is 37.6 Å². The Morgan fingerprint density at radius 3 is 2.74 bits per heavy atom. The highest BCUT2D eigenvalue weighted by Crippen LogP contribution is 2.22. The molecule has 2 rings (SSSR count). The lowest BCUT2D eigenvalue weighted by atomic mass is 10.1. The van der Waals surface area contributed by atoms with Gasteiger partial charge in [-0.3, -0.25) is 0 Å². The molecule has 0 spiro atoms. The van der Waals surface area contributed by atoms with Gasteiger partial charge in [0.05, 0.1) is 6.61 Å². The van der Waals surface area contributed by atoms with Gasteiger partial charge >= 0.3 is 6.03 Å². The van der Waals surface area contributed by atoms with E-state index >= 15 is 0 Å². The molecule has 0 saturated heterocycles. The lowest BCUT2D eigenvalue weighted by molar-refractivity contribution is 0.149. The summed E-state index contributed by atoms with van der Waals surface area (Å²) in [6.45, 7) is 3.48. The van der Waals surface area contributed by atoms with Crippen molar-refractivity contribution in [1.82, 2.24) is 20.2 Å². The van der Waals surface area contributed by atoms with Crippen molar-refractivity contribution < 1.29 is 9.53 Å². The molecule has 1 atom stereocenters. The highest BCUT2D eigenvalue weighted by Gasteiger charge is 2.20. The van der Waals surface area contributed by atoms with Crippen LogP contribution in [0.1, 0.15) is 24.4 Å². The SMILES string of the molecule is CCOCCNC(=O)N[C@H](c1ccc(Cl)cc1)c1nccn1C. The monoisotopic (exact) mass is 336 g/mol. The maximum absolute atomic E-state index is 12.1. The van der Waals surface area contributed by atoms with Crippen molar-refractivity contribution in [2.75, 3.05) is 19.8 Å². The average Bonchev–Trinajstić information content (AvgIpc) is 2.96. The van der Waals surface area contributed by atoms with Crippen molar-refractivity contribution in [1.29, 1.82) is 0 Å². The second kappa shape index (κ2) is 8.55. The molecule has 0 unspecified atom stereocenters. The third kappa shape index (κ3) is 4.97. The van der Waals surface area contributed by atoms with E-state index in [1.807, 2.05) is 36.9 Å². The molecule has 1 heterocycles. The summed E-state index contributed by atoms with van der Waals surface area (Å²) >= 11 is 5.94. The molecule has 124 valence electrons. The average molecular weight is 337 g/mol. The number of aryl methyl sites for hydroxylation is 1. The van der Waals surface area contributed by atoms with E-state index in [-0.39, 0.29) is 12.1 Å². The normalized spacial score (nSPS) is 12.0. The van der Waals surface area contributed by atoms with E-state index < -0.39 is 0 Å². The Labute approximate surface area is 140 Å². The first-order chi connectivity index (χ1) is 11.1. The van der Waals surface area contributed by atoms with Crippen molar-refractivity contribution in [3.8, 4) is 0 Å². The van der Waals surface area contributed by atoms with Crippen LogP contribution in [0, 0.1) is 0 Å². The fourth-order valence-corrected chi connectivity index (χ4v) is 2.30. The minimum atomic E-state index is -0.362. The molecule has 23 heavy (non-hydrogen) atoms. The van der Waals surface area contributed by atoms with E-state index in [4.69, 9.17) is 16.3 Å². The summed E-state index contributed by atoms with van der Waals surface area (Å²) in [5.41, 5.74) is 0.906. The number of rotatable bonds is 7. The number of halogens is 1. The fraction of sp³-hybridized carbons (Fsp3) is 0.375. The Hall–Kier alpha value is -2.05. The molecule has 0 bridgehead atoms. The highest BCUT2D eigenvalue weighted by molar-refractivity contribution is 6.30. The lowest BCUT2D eigenvalue weighted by Crippen LogP contribution is -2.40. The van der Waals surface area contributed by atoms with Gasteiger partial charge in [0.15, 0.2) is 0 Å². The molecule has 2 aromatic rings. The molecule has 0 fully saturated rings. The van der Waals surface area contributed by atoms with Gasteiger partial charge in [-0.1, -0.05) is 23.7 Å². The number of ether oxygens (including phenoxy) is 1. The Balaban J connectivity index is 2.10. The van der Waals surface area contributed by atoms with Crippen LogP contribution in [0.5, 0.6) is 0 Å². The third-order valence-corrected chi connectivity index (χ3v) is 3.58. The number of benzene rings is 1. The molecule has 0 aliphatic carbocycles. The van der Waals surface area contributed by atoms with Crippen LogP contribution in [0.15, 0.2) is 36.7 Å². The summed E-state index contributed by atoms with van der Waals surface area (Å²) in [6, 6.07) is 6.71. The zero-order valence-corrected chi connectivity index (χ0v) is 14.0. The molecule has 2 amide bonds. The minimum Gasteiger partial charge on any atom is -0.380 e.